The number of hydrogen-bond donors (Lipinski definition) is 4. The fourth-order valence-electron chi connectivity index (χ4n) is 1.87. The van der Waals surface area contributed by atoms with Crippen LogP contribution in [-0.4, -0.2) is 57.5 Å². The van der Waals surface area contributed by atoms with Crippen molar-refractivity contribution in [3.05, 3.63) is 40.6 Å². The predicted octanol–water partition coefficient (Wildman–Crippen LogP) is -0.252. The third-order valence-corrected chi connectivity index (χ3v) is 3.56. The van der Waals surface area contributed by atoms with Gasteiger partial charge in [0.15, 0.2) is 6.21 Å². The molecule has 7 nitrogen and oxygen atoms in total. The van der Waals surface area contributed by atoms with Gasteiger partial charge in [0.2, 0.25) is 11.4 Å². The first kappa shape index (κ1) is 19.1. The van der Waals surface area contributed by atoms with Crippen molar-refractivity contribution in [2.24, 2.45) is 0 Å². The van der Waals surface area contributed by atoms with Crippen LogP contribution in [0.15, 0.2) is 24.3 Å². The molecular weight excluding hydrogens is 300 g/mol. The quantitative estimate of drug-likeness (QED) is 0.216. The second-order valence-electron chi connectivity index (χ2n) is 5.42. The maximum absolute atomic E-state index is 12.0. The van der Waals surface area contributed by atoms with E-state index in [0.717, 1.165) is 12.0 Å². The molecule has 0 spiro atoms. The lowest BCUT2D eigenvalue weighted by Gasteiger charge is -2.25. The summed E-state index contributed by atoms with van der Waals surface area (Å²) in [6.07, 6.45) is 2.48. The summed E-state index contributed by atoms with van der Waals surface area (Å²) in [6, 6.07) is 6.90. The Morgan fingerprint density at radius 2 is 1.78 bits per heavy atom. The van der Waals surface area contributed by atoms with Gasteiger partial charge in [0.1, 0.15) is 19.8 Å². The third kappa shape index (κ3) is 5.31. The van der Waals surface area contributed by atoms with E-state index in [1.807, 2.05) is 6.92 Å². The van der Waals surface area contributed by atoms with E-state index in [-0.39, 0.29) is 5.91 Å². The highest BCUT2D eigenvalue weighted by Crippen LogP contribution is 2.09. The summed E-state index contributed by atoms with van der Waals surface area (Å²) in [5.41, 5.74) is -0.197. The number of aliphatic hydroxyl groups is 3. The zero-order chi connectivity index (χ0) is 17.3. The molecule has 0 aliphatic rings. The van der Waals surface area contributed by atoms with E-state index in [0.29, 0.717) is 23.3 Å². The molecule has 0 aliphatic heterocycles. The van der Waals surface area contributed by atoms with Gasteiger partial charge in [-0.25, -0.2) is 0 Å². The number of hydrogen-bond acceptors (Lipinski definition) is 5. The van der Waals surface area contributed by atoms with Gasteiger partial charge in [-0.3, -0.25) is 4.79 Å². The first-order valence-electron chi connectivity index (χ1n) is 7.51. The monoisotopic (exact) mass is 324 g/mol. The molecule has 7 heteroatoms. The second-order valence-corrected chi connectivity index (χ2v) is 5.42. The minimum absolute atomic E-state index is 0.00695. The van der Waals surface area contributed by atoms with Gasteiger partial charge >= 0.3 is 0 Å². The molecule has 0 saturated heterocycles. The Morgan fingerprint density at radius 3 is 2.26 bits per heavy atom. The molecule has 0 aliphatic carbocycles. The molecule has 0 atom stereocenters. The fraction of sp³-hybridized carbons (Fsp3) is 0.500. The van der Waals surface area contributed by atoms with Crippen molar-refractivity contribution in [1.82, 2.24) is 5.32 Å². The smallest absolute Gasteiger partial charge is 0.240 e. The van der Waals surface area contributed by atoms with E-state index in [2.05, 4.69) is 5.32 Å². The molecule has 1 aromatic carbocycles. The molecule has 4 N–H and O–H groups in total. The fourth-order valence-corrected chi connectivity index (χ4v) is 1.87. The molecule has 0 aromatic heterocycles. The molecule has 23 heavy (non-hydrogen) atoms. The zero-order valence-corrected chi connectivity index (χ0v) is 13.2. The van der Waals surface area contributed by atoms with Crippen LogP contribution in [0.3, 0.4) is 0 Å². The summed E-state index contributed by atoms with van der Waals surface area (Å²) < 4.78 is 0.366. The van der Waals surface area contributed by atoms with Crippen LogP contribution in [0.25, 0.3) is 0 Å². The molecule has 0 saturated carbocycles. The zero-order valence-electron chi connectivity index (χ0n) is 13.2. The summed E-state index contributed by atoms with van der Waals surface area (Å²) in [4.78, 5) is 11.4. The predicted molar refractivity (Wildman–Crippen MR) is 86.0 cm³/mol. The van der Waals surface area contributed by atoms with Gasteiger partial charge < -0.3 is 25.8 Å². The Kier molecular flexibility index (Phi) is 7.67. The average molecular weight is 324 g/mol. The van der Waals surface area contributed by atoms with Crippen molar-refractivity contribution in [1.29, 1.82) is 0 Å². The topological polar surface area (TPSA) is 116 Å². The summed E-state index contributed by atoms with van der Waals surface area (Å²) in [5, 5.41) is 42.5. The minimum atomic E-state index is -1.65. The standard InChI is InChI=1S/C16H24N2O5/c1-2-3-15(22)17-8-13-4-6-14(7-5-13)9-18(23)16(10-19,11-20)12-21/h4-7,9,19-21H,2-3,8,10-12H2,1H3,(H,17,22)/b18-9-. The van der Waals surface area contributed by atoms with Crippen LogP contribution in [-0.2, 0) is 11.3 Å². The lowest BCUT2D eigenvalue weighted by atomic mass is 10.0. The molecule has 0 bridgehead atoms. The number of carbonyl (C=O) groups is 1. The van der Waals surface area contributed by atoms with E-state index >= 15 is 0 Å². The molecule has 1 aromatic rings. The highest BCUT2D eigenvalue weighted by Gasteiger charge is 2.36. The Morgan fingerprint density at radius 1 is 1.22 bits per heavy atom. The Bertz CT molecular complexity index is 516. The molecule has 0 heterocycles. The van der Waals surface area contributed by atoms with E-state index in [4.69, 9.17) is 0 Å². The van der Waals surface area contributed by atoms with Crippen LogP contribution >= 0.6 is 0 Å². The van der Waals surface area contributed by atoms with Crippen molar-refractivity contribution >= 4 is 12.1 Å². The summed E-state index contributed by atoms with van der Waals surface area (Å²) in [7, 11) is 0. The Balaban J connectivity index is 2.76. The number of hydroxylamine groups is 1. The van der Waals surface area contributed by atoms with Crippen LogP contribution in [0.5, 0.6) is 0 Å². The molecule has 128 valence electrons. The summed E-state index contributed by atoms with van der Waals surface area (Å²) in [6.45, 7) is 0.350. The number of carbonyl (C=O) groups excluding carboxylic acids is 1. The molecule has 0 fully saturated rings. The van der Waals surface area contributed by atoms with Crippen LogP contribution in [0, 0.1) is 5.21 Å². The molecular formula is C16H24N2O5. The van der Waals surface area contributed by atoms with Crippen LogP contribution in [0.1, 0.15) is 30.9 Å². The molecule has 1 rings (SSSR count). The van der Waals surface area contributed by atoms with E-state index in [1.165, 1.54) is 6.21 Å². The van der Waals surface area contributed by atoms with Crippen molar-refractivity contribution in [2.45, 2.75) is 31.8 Å². The van der Waals surface area contributed by atoms with E-state index in [9.17, 15) is 25.3 Å². The minimum Gasteiger partial charge on any atom is -0.623 e. The van der Waals surface area contributed by atoms with Crippen molar-refractivity contribution in [3.8, 4) is 0 Å². The van der Waals surface area contributed by atoms with Gasteiger partial charge in [-0.05, 0) is 24.1 Å². The highest BCUT2D eigenvalue weighted by atomic mass is 16.5. The van der Waals surface area contributed by atoms with E-state index in [1.54, 1.807) is 24.3 Å². The lowest BCUT2D eigenvalue weighted by Crippen LogP contribution is -2.50. The first-order valence-corrected chi connectivity index (χ1v) is 7.51. The molecule has 1 amide bonds. The van der Waals surface area contributed by atoms with Gasteiger partial charge in [-0.2, -0.15) is 4.74 Å². The number of amides is 1. The van der Waals surface area contributed by atoms with Crippen LogP contribution in [0.2, 0.25) is 0 Å². The summed E-state index contributed by atoms with van der Waals surface area (Å²) >= 11 is 0. The van der Waals surface area contributed by atoms with Crippen LogP contribution in [0.4, 0.5) is 0 Å². The largest absolute Gasteiger partial charge is 0.623 e. The first-order chi connectivity index (χ1) is 11.0. The Labute approximate surface area is 135 Å². The maximum atomic E-state index is 12.0. The number of aliphatic hydroxyl groups excluding tert-OH is 3. The van der Waals surface area contributed by atoms with Gasteiger partial charge in [-0.1, -0.05) is 19.1 Å². The number of benzene rings is 1. The summed E-state index contributed by atoms with van der Waals surface area (Å²) in [5.74, 6) is -0.00695. The van der Waals surface area contributed by atoms with Gasteiger partial charge in [0.05, 0.1) is 0 Å². The van der Waals surface area contributed by atoms with Crippen LogP contribution < -0.4 is 5.32 Å². The maximum Gasteiger partial charge on any atom is 0.240 e. The van der Waals surface area contributed by atoms with Gasteiger partial charge in [0, 0.05) is 18.5 Å². The Hall–Kier alpha value is -1.96. The number of rotatable bonds is 9. The van der Waals surface area contributed by atoms with E-state index < -0.39 is 25.4 Å². The SMILES string of the molecule is CCCC(=O)NCc1ccc(/C=[N+](\[O-])C(CO)(CO)CO)cc1. The normalized spacial score (nSPS) is 12.3. The number of nitrogens with one attached hydrogen (secondary N) is 1. The van der Waals surface area contributed by atoms with Crippen molar-refractivity contribution < 1.29 is 24.9 Å². The third-order valence-electron chi connectivity index (χ3n) is 3.56. The van der Waals surface area contributed by atoms with Gasteiger partial charge in [0.25, 0.3) is 0 Å². The number of nitrogens with zero attached hydrogens (tertiary/aromatic N) is 1. The van der Waals surface area contributed by atoms with Crippen molar-refractivity contribution in [3.63, 3.8) is 0 Å². The highest BCUT2D eigenvalue weighted by molar-refractivity contribution is 5.76. The van der Waals surface area contributed by atoms with Gasteiger partial charge in [-0.15, -0.1) is 0 Å². The second kappa shape index (κ2) is 9.24. The average Bonchev–Trinajstić information content (AvgIpc) is 2.57. The van der Waals surface area contributed by atoms with Crippen molar-refractivity contribution in [2.75, 3.05) is 19.8 Å². The molecule has 0 radical (unpaired) electrons. The lowest BCUT2D eigenvalue weighted by molar-refractivity contribution is -0.558. The molecule has 0 unspecified atom stereocenters.